The zero-order chi connectivity index (χ0) is 17.1. The van der Waals surface area contributed by atoms with Gasteiger partial charge in [-0.25, -0.2) is 9.97 Å². The Hall–Kier alpha value is -3.36. The molecule has 0 N–H and O–H groups in total. The summed E-state index contributed by atoms with van der Waals surface area (Å²) >= 11 is 0. The normalized spacial score (nSPS) is 14.6. The lowest BCUT2D eigenvalue weighted by atomic mass is 10.1. The molecule has 1 aliphatic heterocycles. The van der Waals surface area contributed by atoms with Crippen LogP contribution in [0.5, 0.6) is 0 Å². The number of carbonyl (C=O) groups is 1. The van der Waals surface area contributed by atoms with Crippen molar-refractivity contribution in [2.45, 2.75) is 0 Å². The van der Waals surface area contributed by atoms with Crippen molar-refractivity contribution in [2.24, 2.45) is 0 Å². The lowest BCUT2D eigenvalue weighted by Crippen LogP contribution is -2.49. The molecule has 25 heavy (non-hydrogen) atoms. The van der Waals surface area contributed by atoms with Crippen LogP contribution in [-0.2, 0) is 0 Å². The fraction of sp³-hybridized carbons (Fsp3) is 0.250. The van der Waals surface area contributed by atoms with E-state index < -0.39 is 0 Å². The summed E-state index contributed by atoms with van der Waals surface area (Å²) in [5.74, 6) is 0.670. The molecule has 4 rings (SSSR count). The zero-order valence-electron chi connectivity index (χ0n) is 13.4. The average molecular weight is 336 g/mol. The zero-order valence-corrected chi connectivity index (χ0v) is 13.4. The number of amides is 1. The summed E-state index contributed by atoms with van der Waals surface area (Å²) < 4.78 is 1.50. The molecule has 126 valence electrons. The number of hydrogen-bond donors (Lipinski definition) is 0. The Balaban J connectivity index is 1.50. The van der Waals surface area contributed by atoms with E-state index in [2.05, 4.69) is 30.4 Å². The van der Waals surface area contributed by atoms with Crippen LogP contribution in [-0.4, -0.2) is 67.2 Å². The highest BCUT2D eigenvalue weighted by atomic mass is 16.2. The van der Waals surface area contributed by atoms with Crippen molar-refractivity contribution in [2.75, 3.05) is 31.1 Å². The van der Waals surface area contributed by atoms with Crippen molar-refractivity contribution in [3.8, 4) is 5.69 Å². The van der Waals surface area contributed by atoms with Gasteiger partial charge < -0.3 is 9.80 Å². The van der Waals surface area contributed by atoms with Crippen molar-refractivity contribution in [3.05, 3.63) is 54.6 Å². The second-order valence-corrected chi connectivity index (χ2v) is 5.60. The van der Waals surface area contributed by atoms with Crippen LogP contribution in [0.4, 0.5) is 5.95 Å². The number of carbonyl (C=O) groups excluding carboxylic acids is 1. The lowest BCUT2D eigenvalue weighted by molar-refractivity contribution is 0.0746. The van der Waals surface area contributed by atoms with Gasteiger partial charge in [-0.15, -0.1) is 5.10 Å². The van der Waals surface area contributed by atoms with Crippen LogP contribution in [0.3, 0.4) is 0 Å². The number of hydrogen-bond acceptors (Lipinski definition) is 7. The summed E-state index contributed by atoms with van der Waals surface area (Å²) in [7, 11) is 0. The average Bonchev–Trinajstić information content (AvgIpc) is 3.23. The monoisotopic (exact) mass is 336 g/mol. The van der Waals surface area contributed by atoms with E-state index in [0.717, 1.165) is 0 Å². The van der Waals surface area contributed by atoms with Crippen LogP contribution in [0.15, 0.2) is 49.1 Å². The van der Waals surface area contributed by atoms with Crippen LogP contribution in [0.2, 0.25) is 0 Å². The standard InChI is InChI=1S/C16H16N8O/c25-15(13-4-1-2-5-14(13)24-12-19-20-21-24)22-8-10-23(11-9-22)16-17-6-3-7-18-16/h1-7,12H,8-11H2. The third-order valence-electron chi connectivity index (χ3n) is 4.13. The van der Waals surface area contributed by atoms with E-state index in [4.69, 9.17) is 0 Å². The van der Waals surface area contributed by atoms with E-state index >= 15 is 0 Å². The first kappa shape index (κ1) is 15.2. The molecule has 3 heterocycles. The minimum atomic E-state index is -0.0280. The molecule has 1 aromatic carbocycles. The number of anilines is 1. The molecule has 0 spiro atoms. The minimum Gasteiger partial charge on any atom is -0.337 e. The predicted molar refractivity (Wildman–Crippen MR) is 89.3 cm³/mol. The maximum Gasteiger partial charge on any atom is 0.256 e. The molecule has 3 aromatic rings. The van der Waals surface area contributed by atoms with Gasteiger partial charge in [-0.2, -0.15) is 4.68 Å². The molecular formula is C16H16N8O. The SMILES string of the molecule is O=C(c1ccccc1-n1cnnn1)N1CCN(c2ncccn2)CC1. The van der Waals surface area contributed by atoms with E-state index in [1.165, 1.54) is 11.0 Å². The van der Waals surface area contributed by atoms with E-state index in [1.807, 2.05) is 23.1 Å². The van der Waals surface area contributed by atoms with E-state index in [1.54, 1.807) is 24.5 Å². The third-order valence-corrected chi connectivity index (χ3v) is 4.13. The van der Waals surface area contributed by atoms with Crippen LogP contribution >= 0.6 is 0 Å². The number of rotatable bonds is 3. The largest absolute Gasteiger partial charge is 0.337 e. The molecule has 9 heteroatoms. The van der Waals surface area contributed by atoms with Gasteiger partial charge in [-0.3, -0.25) is 4.79 Å². The molecule has 0 aliphatic carbocycles. The topological polar surface area (TPSA) is 92.9 Å². The Kier molecular flexibility index (Phi) is 4.03. The molecule has 0 unspecified atom stereocenters. The van der Waals surface area contributed by atoms with Gasteiger partial charge in [0.1, 0.15) is 6.33 Å². The highest BCUT2D eigenvalue weighted by molar-refractivity contribution is 5.97. The van der Waals surface area contributed by atoms with Crippen LogP contribution in [0.1, 0.15) is 10.4 Å². The first-order valence-electron chi connectivity index (χ1n) is 7.96. The smallest absolute Gasteiger partial charge is 0.256 e. The second kappa shape index (κ2) is 6.63. The maximum atomic E-state index is 13.0. The Morgan fingerprint density at radius 1 is 0.960 bits per heavy atom. The molecule has 1 fully saturated rings. The molecule has 1 aliphatic rings. The van der Waals surface area contributed by atoms with Crippen molar-refractivity contribution in [1.82, 2.24) is 35.1 Å². The highest BCUT2D eigenvalue weighted by Gasteiger charge is 2.25. The molecule has 2 aromatic heterocycles. The minimum absolute atomic E-state index is 0.0280. The van der Waals surface area contributed by atoms with Crippen LogP contribution in [0, 0.1) is 0 Å². The quantitative estimate of drug-likeness (QED) is 0.684. The predicted octanol–water partition coefficient (Wildman–Crippen LogP) is 0.415. The van der Waals surface area contributed by atoms with E-state index in [-0.39, 0.29) is 5.91 Å². The molecular weight excluding hydrogens is 320 g/mol. The Morgan fingerprint density at radius 3 is 2.44 bits per heavy atom. The van der Waals surface area contributed by atoms with Crippen molar-refractivity contribution < 1.29 is 4.79 Å². The first-order chi connectivity index (χ1) is 12.3. The number of benzene rings is 1. The van der Waals surface area contributed by atoms with E-state index in [9.17, 15) is 4.79 Å². The number of tetrazole rings is 1. The van der Waals surface area contributed by atoms with Crippen molar-refractivity contribution in [1.29, 1.82) is 0 Å². The van der Waals surface area contributed by atoms with Gasteiger partial charge in [-0.05, 0) is 28.6 Å². The lowest BCUT2D eigenvalue weighted by Gasteiger charge is -2.34. The molecule has 1 amide bonds. The summed E-state index contributed by atoms with van der Waals surface area (Å²) in [6, 6.07) is 9.12. The van der Waals surface area contributed by atoms with E-state index in [0.29, 0.717) is 43.4 Å². The van der Waals surface area contributed by atoms with Crippen molar-refractivity contribution >= 4 is 11.9 Å². The van der Waals surface area contributed by atoms with Gasteiger partial charge in [0.25, 0.3) is 5.91 Å². The number of nitrogens with zero attached hydrogens (tertiary/aromatic N) is 8. The molecule has 0 bridgehead atoms. The second-order valence-electron chi connectivity index (χ2n) is 5.60. The van der Waals surface area contributed by atoms with Gasteiger partial charge in [-0.1, -0.05) is 12.1 Å². The number of aromatic nitrogens is 6. The van der Waals surface area contributed by atoms with Crippen LogP contribution < -0.4 is 4.90 Å². The fourth-order valence-electron chi connectivity index (χ4n) is 2.86. The van der Waals surface area contributed by atoms with Gasteiger partial charge in [0.2, 0.25) is 5.95 Å². The summed E-state index contributed by atoms with van der Waals surface area (Å²) in [5.41, 5.74) is 1.26. The maximum absolute atomic E-state index is 13.0. The molecule has 0 saturated carbocycles. The Bertz CT molecular complexity index is 844. The van der Waals surface area contributed by atoms with Gasteiger partial charge in [0, 0.05) is 38.6 Å². The van der Waals surface area contributed by atoms with Crippen LogP contribution in [0.25, 0.3) is 5.69 Å². The van der Waals surface area contributed by atoms with Gasteiger partial charge in [0.05, 0.1) is 11.3 Å². The molecule has 0 radical (unpaired) electrons. The molecule has 9 nitrogen and oxygen atoms in total. The van der Waals surface area contributed by atoms with Gasteiger partial charge >= 0.3 is 0 Å². The highest BCUT2D eigenvalue weighted by Crippen LogP contribution is 2.17. The summed E-state index contributed by atoms with van der Waals surface area (Å²) in [6.07, 6.45) is 4.93. The molecule has 1 saturated heterocycles. The molecule has 0 atom stereocenters. The summed E-state index contributed by atoms with van der Waals surface area (Å²) in [5, 5.41) is 11.2. The van der Waals surface area contributed by atoms with Gasteiger partial charge in [0.15, 0.2) is 0 Å². The Morgan fingerprint density at radius 2 is 1.72 bits per heavy atom. The van der Waals surface area contributed by atoms with Crippen molar-refractivity contribution in [3.63, 3.8) is 0 Å². The number of piperazine rings is 1. The number of para-hydroxylation sites is 1. The summed E-state index contributed by atoms with van der Waals surface area (Å²) in [6.45, 7) is 2.62. The summed E-state index contributed by atoms with van der Waals surface area (Å²) in [4.78, 5) is 25.4. The first-order valence-corrected chi connectivity index (χ1v) is 7.96. The third kappa shape index (κ3) is 3.03. The fourth-order valence-corrected chi connectivity index (χ4v) is 2.86. The Labute approximate surface area is 143 Å².